The van der Waals surface area contributed by atoms with Gasteiger partial charge in [0.15, 0.2) is 5.69 Å². The number of carbonyl (C=O) groups is 1. The van der Waals surface area contributed by atoms with Gasteiger partial charge in [0.05, 0.1) is 24.9 Å². The lowest BCUT2D eigenvalue weighted by atomic mass is 10.2. The van der Waals surface area contributed by atoms with E-state index in [0.717, 1.165) is 25.7 Å². The molecule has 1 heterocycles. The van der Waals surface area contributed by atoms with Gasteiger partial charge >= 0.3 is 5.97 Å². The van der Waals surface area contributed by atoms with Crippen LogP contribution in [-0.2, 0) is 11.3 Å². The van der Waals surface area contributed by atoms with Crippen molar-refractivity contribution in [3.8, 4) is 0 Å². The maximum Gasteiger partial charge on any atom is 0.358 e. The first kappa shape index (κ1) is 14.9. The van der Waals surface area contributed by atoms with Crippen LogP contribution in [0.15, 0.2) is 0 Å². The van der Waals surface area contributed by atoms with Crippen molar-refractivity contribution < 1.29 is 19.7 Å². The van der Waals surface area contributed by atoms with Crippen LogP contribution in [0.4, 0.5) is 0 Å². The number of carboxylic acid groups (broad SMARTS) is 1. The highest BCUT2D eigenvalue weighted by molar-refractivity contribution is 5.86. The van der Waals surface area contributed by atoms with Crippen LogP contribution >= 0.6 is 0 Å². The fourth-order valence-corrected chi connectivity index (χ4v) is 2.09. The molecule has 0 radical (unpaired) electrons. The summed E-state index contributed by atoms with van der Waals surface area (Å²) in [6, 6.07) is 0. The van der Waals surface area contributed by atoms with Crippen molar-refractivity contribution >= 4 is 5.97 Å². The van der Waals surface area contributed by atoms with Crippen molar-refractivity contribution in [2.45, 2.75) is 51.2 Å². The maximum absolute atomic E-state index is 11.1. The minimum absolute atomic E-state index is 0.00611. The standard InChI is InChI=1S/C13H21N3O4/c1-2-3-6-20-8-10(17)7-16-12(9-4-5-9)11(13(18)19)14-15-16/h9-10,17H,2-8H2,1H3,(H,18,19). The molecule has 20 heavy (non-hydrogen) atoms. The zero-order valence-corrected chi connectivity index (χ0v) is 11.7. The molecule has 0 saturated heterocycles. The zero-order valence-electron chi connectivity index (χ0n) is 11.7. The number of aliphatic hydroxyl groups excluding tert-OH is 1. The third-order valence-corrected chi connectivity index (χ3v) is 3.28. The molecule has 7 nitrogen and oxygen atoms in total. The molecule has 1 saturated carbocycles. The Kier molecular flexibility index (Phi) is 5.08. The van der Waals surface area contributed by atoms with E-state index in [1.54, 1.807) is 0 Å². The van der Waals surface area contributed by atoms with Crippen molar-refractivity contribution in [2.75, 3.05) is 13.2 Å². The molecule has 2 N–H and O–H groups in total. The summed E-state index contributed by atoms with van der Waals surface area (Å²) in [4.78, 5) is 11.1. The molecule has 1 fully saturated rings. The molecule has 1 aliphatic rings. The van der Waals surface area contributed by atoms with Gasteiger partial charge in [-0.2, -0.15) is 0 Å². The number of aliphatic hydroxyl groups is 1. The van der Waals surface area contributed by atoms with Gasteiger partial charge < -0.3 is 14.9 Å². The molecule has 7 heteroatoms. The van der Waals surface area contributed by atoms with E-state index in [-0.39, 0.29) is 24.8 Å². The van der Waals surface area contributed by atoms with E-state index in [9.17, 15) is 9.90 Å². The summed E-state index contributed by atoms with van der Waals surface area (Å²) in [5, 5.41) is 26.6. The Morgan fingerprint density at radius 2 is 2.30 bits per heavy atom. The third kappa shape index (κ3) is 3.77. The number of ether oxygens (including phenoxy) is 1. The molecule has 0 amide bonds. The van der Waals surface area contributed by atoms with Crippen LogP contribution in [-0.4, -0.2) is 50.5 Å². The van der Waals surface area contributed by atoms with Gasteiger partial charge in [-0.25, -0.2) is 9.48 Å². The summed E-state index contributed by atoms with van der Waals surface area (Å²) in [6.45, 7) is 3.15. The number of rotatable bonds is 9. The molecule has 1 aromatic rings. The lowest BCUT2D eigenvalue weighted by Gasteiger charge is -2.12. The summed E-state index contributed by atoms with van der Waals surface area (Å²) in [7, 11) is 0. The number of carboxylic acids is 1. The van der Waals surface area contributed by atoms with E-state index in [1.807, 2.05) is 0 Å². The van der Waals surface area contributed by atoms with Gasteiger partial charge in [-0.1, -0.05) is 18.6 Å². The van der Waals surface area contributed by atoms with Gasteiger partial charge in [-0.15, -0.1) is 5.10 Å². The van der Waals surface area contributed by atoms with Crippen LogP contribution in [0.1, 0.15) is 54.7 Å². The van der Waals surface area contributed by atoms with Crippen molar-refractivity contribution in [3.63, 3.8) is 0 Å². The lowest BCUT2D eigenvalue weighted by molar-refractivity contribution is 0.0246. The number of nitrogens with zero attached hydrogens (tertiary/aromatic N) is 3. The molecule has 1 aromatic heterocycles. The first-order valence-corrected chi connectivity index (χ1v) is 7.06. The molecule has 0 aromatic carbocycles. The Labute approximate surface area is 117 Å². The van der Waals surface area contributed by atoms with E-state index in [2.05, 4.69) is 17.2 Å². The molecule has 0 spiro atoms. The molecule has 0 aliphatic heterocycles. The van der Waals surface area contributed by atoms with Crippen LogP contribution < -0.4 is 0 Å². The quantitative estimate of drug-likeness (QED) is 0.657. The summed E-state index contributed by atoms with van der Waals surface area (Å²) in [5.74, 6) is -0.851. The van der Waals surface area contributed by atoms with Crippen molar-refractivity contribution in [2.24, 2.45) is 0 Å². The molecule has 1 aliphatic carbocycles. The summed E-state index contributed by atoms with van der Waals surface area (Å²) in [6.07, 6.45) is 3.22. The van der Waals surface area contributed by atoms with E-state index in [0.29, 0.717) is 12.3 Å². The minimum Gasteiger partial charge on any atom is -0.476 e. The zero-order chi connectivity index (χ0) is 14.5. The largest absolute Gasteiger partial charge is 0.476 e. The van der Waals surface area contributed by atoms with Crippen molar-refractivity contribution in [1.29, 1.82) is 0 Å². The topological polar surface area (TPSA) is 97.5 Å². The van der Waals surface area contributed by atoms with Crippen LogP contribution in [0.2, 0.25) is 0 Å². The highest BCUT2D eigenvalue weighted by Crippen LogP contribution is 2.41. The molecule has 0 bridgehead atoms. The monoisotopic (exact) mass is 283 g/mol. The van der Waals surface area contributed by atoms with Gasteiger partial charge in [-0.05, 0) is 19.3 Å². The SMILES string of the molecule is CCCCOCC(O)Cn1nnc(C(=O)O)c1C1CC1. The second kappa shape index (κ2) is 6.81. The normalized spacial score (nSPS) is 16.3. The van der Waals surface area contributed by atoms with E-state index < -0.39 is 12.1 Å². The summed E-state index contributed by atoms with van der Waals surface area (Å²) >= 11 is 0. The number of unbranched alkanes of at least 4 members (excludes halogenated alkanes) is 1. The average molecular weight is 283 g/mol. The van der Waals surface area contributed by atoms with Gasteiger partial charge in [0.2, 0.25) is 0 Å². The minimum atomic E-state index is -1.06. The fourth-order valence-electron chi connectivity index (χ4n) is 2.09. The summed E-state index contributed by atoms with van der Waals surface area (Å²) in [5.41, 5.74) is 0.636. The highest BCUT2D eigenvalue weighted by atomic mass is 16.5. The van der Waals surface area contributed by atoms with E-state index in [1.165, 1.54) is 4.68 Å². The third-order valence-electron chi connectivity index (χ3n) is 3.28. The van der Waals surface area contributed by atoms with Crippen molar-refractivity contribution in [3.05, 3.63) is 11.4 Å². The molecule has 2 rings (SSSR count). The smallest absolute Gasteiger partial charge is 0.358 e. The Morgan fingerprint density at radius 1 is 1.55 bits per heavy atom. The Morgan fingerprint density at radius 3 is 2.90 bits per heavy atom. The van der Waals surface area contributed by atoms with Gasteiger partial charge in [0.25, 0.3) is 0 Å². The fraction of sp³-hybridized carbons (Fsp3) is 0.769. The van der Waals surface area contributed by atoms with Crippen LogP contribution in [0, 0.1) is 0 Å². The van der Waals surface area contributed by atoms with Crippen LogP contribution in [0.25, 0.3) is 0 Å². The Balaban J connectivity index is 1.93. The second-order valence-electron chi connectivity index (χ2n) is 5.17. The van der Waals surface area contributed by atoms with Gasteiger partial charge in [-0.3, -0.25) is 0 Å². The van der Waals surface area contributed by atoms with Crippen molar-refractivity contribution in [1.82, 2.24) is 15.0 Å². The molecular weight excluding hydrogens is 262 g/mol. The van der Waals surface area contributed by atoms with E-state index >= 15 is 0 Å². The Hall–Kier alpha value is -1.47. The average Bonchev–Trinajstić information content (AvgIpc) is 3.16. The lowest BCUT2D eigenvalue weighted by Crippen LogP contribution is -2.24. The molecule has 112 valence electrons. The predicted molar refractivity (Wildman–Crippen MR) is 70.7 cm³/mol. The van der Waals surface area contributed by atoms with Crippen LogP contribution in [0.5, 0.6) is 0 Å². The molecule has 1 atom stereocenters. The van der Waals surface area contributed by atoms with E-state index in [4.69, 9.17) is 9.84 Å². The predicted octanol–water partition coefficient (Wildman–Crippen LogP) is 1.03. The second-order valence-corrected chi connectivity index (χ2v) is 5.17. The molecule has 1 unspecified atom stereocenters. The first-order chi connectivity index (χ1) is 9.63. The Bertz CT molecular complexity index is 456. The first-order valence-electron chi connectivity index (χ1n) is 7.06. The van der Waals surface area contributed by atoms with Gasteiger partial charge in [0, 0.05) is 12.5 Å². The highest BCUT2D eigenvalue weighted by Gasteiger charge is 2.34. The number of aromatic nitrogens is 3. The number of hydrogen-bond donors (Lipinski definition) is 2. The number of aromatic carboxylic acids is 1. The van der Waals surface area contributed by atoms with Crippen LogP contribution in [0.3, 0.4) is 0 Å². The number of hydrogen-bond acceptors (Lipinski definition) is 5. The van der Waals surface area contributed by atoms with Gasteiger partial charge in [0.1, 0.15) is 0 Å². The maximum atomic E-state index is 11.1. The molecular formula is C13H21N3O4. The summed E-state index contributed by atoms with van der Waals surface area (Å²) < 4.78 is 6.86.